The Hall–Kier alpha value is -1.20. The van der Waals surface area contributed by atoms with Gasteiger partial charge in [0.1, 0.15) is 17.4 Å². The first-order valence-electron chi connectivity index (χ1n) is 5.97. The molecule has 0 aromatic rings. The van der Waals surface area contributed by atoms with E-state index in [-0.39, 0.29) is 5.92 Å². The van der Waals surface area contributed by atoms with E-state index in [1.165, 1.54) is 0 Å². The Morgan fingerprint density at radius 3 is 2.39 bits per heavy atom. The number of carbonyl (C=O) groups is 2. The van der Waals surface area contributed by atoms with Crippen LogP contribution in [-0.4, -0.2) is 40.9 Å². The van der Waals surface area contributed by atoms with E-state index >= 15 is 0 Å². The average Bonchev–Trinajstić information content (AvgIpc) is 2.62. The van der Waals surface area contributed by atoms with Gasteiger partial charge in [0.2, 0.25) is 0 Å². The number of amides is 1. The third kappa shape index (κ3) is 1.87. The van der Waals surface area contributed by atoms with Crippen LogP contribution in [-0.2, 0) is 9.53 Å². The Morgan fingerprint density at radius 2 is 2.00 bits per heavy atom. The third-order valence-corrected chi connectivity index (χ3v) is 3.56. The fourth-order valence-corrected chi connectivity index (χ4v) is 2.88. The molecule has 2 bridgehead atoms. The van der Waals surface area contributed by atoms with Crippen LogP contribution in [0.4, 0.5) is 13.6 Å². The molecule has 0 aromatic heterocycles. The zero-order valence-electron chi connectivity index (χ0n) is 10.7. The number of fused-ring (bicyclic) bond motifs is 1. The summed E-state index contributed by atoms with van der Waals surface area (Å²) >= 11 is 0. The maximum atomic E-state index is 13.0. The summed E-state index contributed by atoms with van der Waals surface area (Å²) in [7, 11) is 0. The van der Waals surface area contributed by atoms with Crippen molar-refractivity contribution in [3.8, 4) is 0 Å². The predicted molar refractivity (Wildman–Crippen MR) is 59.4 cm³/mol. The smallest absolute Gasteiger partial charge is 0.411 e. The van der Waals surface area contributed by atoms with Crippen LogP contribution in [0.1, 0.15) is 33.6 Å². The Bertz CT molecular complexity index is 372. The zero-order valence-corrected chi connectivity index (χ0v) is 10.7. The van der Waals surface area contributed by atoms with Crippen molar-refractivity contribution in [3.63, 3.8) is 0 Å². The largest absolute Gasteiger partial charge is 0.444 e. The van der Waals surface area contributed by atoms with Crippen LogP contribution in [0.2, 0.25) is 0 Å². The van der Waals surface area contributed by atoms with E-state index in [0.29, 0.717) is 19.1 Å². The lowest BCUT2D eigenvalue weighted by Gasteiger charge is -2.37. The van der Waals surface area contributed by atoms with Crippen LogP contribution in [0, 0.1) is 5.92 Å². The molecule has 1 saturated carbocycles. The number of nitrogens with zero attached hydrogens (tertiary/aromatic N) is 1. The average molecular weight is 261 g/mol. The summed E-state index contributed by atoms with van der Waals surface area (Å²) in [6.07, 6.45) is -2.21. The molecule has 6 heteroatoms. The highest BCUT2D eigenvalue weighted by molar-refractivity contribution is 5.80. The minimum Gasteiger partial charge on any atom is -0.444 e. The fourth-order valence-electron chi connectivity index (χ4n) is 2.88. The van der Waals surface area contributed by atoms with Gasteiger partial charge in [0.25, 0.3) is 6.43 Å². The van der Waals surface area contributed by atoms with E-state index in [0.717, 1.165) is 4.90 Å². The van der Waals surface area contributed by atoms with E-state index in [4.69, 9.17) is 4.74 Å². The van der Waals surface area contributed by atoms with E-state index in [1.54, 1.807) is 20.8 Å². The van der Waals surface area contributed by atoms with Crippen molar-refractivity contribution in [2.24, 2.45) is 5.92 Å². The Morgan fingerprint density at radius 1 is 1.44 bits per heavy atom. The fraction of sp³-hybridized carbons (Fsp3) is 0.833. The number of alkyl halides is 2. The summed E-state index contributed by atoms with van der Waals surface area (Å²) in [6, 6.07) is -1.19. The normalized spacial score (nSPS) is 34.4. The van der Waals surface area contributed by atoms with Gasteiger partial charge in [-0.2, -0.15) is 0 Å². The first kappa shape index (κ1) is 13.2. The molecule has 18 heavy (non-hydrogen) atoms. The predicted octanol–water partition coefficient (Wildman–Crippen LogP) is 2.22. The lowest BCUT2D eigenvalue weighted by Crippen LogP contribution is -2.53. The van der Waals surface area contributed by atoms with Gasteiger partial charge in [-0.25, -0.2) is 13.6 Å². The van der Waals surface area contributed by atoms with Gasteiger partial charge in [-0.05, 0) is 39.5 Å². The summed E-state index contributed by atoms with van der Waals surface area (Å²) in [5, 5.41) is 0. The number of aldehydes is 1. The first-order chi connectivity index (χ1) is 8.20. The maximum absolute atomic E-state index is 13.0. The number of ether oxygens (including phenoxy) is 1. The second kappa shape index (κ2) is 3.90. The molecule has 4 nitrogen and oxygen atoms in total. The summed E-state index contributed by atoms with van der Waals surface area (Å²) < 4.78 is 31.1. The topological polar surface area (TPSA) is 46.6 Å². The highest BCUT2D eigenvalue weighted by Crippen LogP contribution is 2.55. The summed E-state index contributed by atoms with van der Waals surface area (Å²) in [5.41, 5.74) is -1.82. The molecule has 3 rings (SSSR count). The summed E-state index contributed by atoms with van der Waals surface area (Å²) in [5.74, 6) is -0.289. The van der Waals surface area contributed by atoms with Gasteiger partial charge in [0, 0.05) is 0 Å². The van der Waals surface area contributed by atoms with E-state index in [1.807, 2.05) is 0 Å². The van der Waals surface area contributed by atoms with Gasteiger partial charge in [-0.3, -0.25) is 4.90 Å². The third-order valence-electron chi connectivity index (χ3n) is 3.56. The van der Waals surface area contributed by atoms with Crippen molar-refractivity contribution in [3.05, 3.63) is 0 Å². The molecule has 1 aliphatic carbocycles. The molecular formula is C12H17F2NO3. The molecule has 3 fully saturated rings. The molecule has 0 spiro atoms. The first-order valence-corrected chi connectivity index (χ1v) is 5.97. The molecular weight excluding hydrogens is 244 g/mol. The van der Waals surface area contributed by atoms with Crippen molar-refractivity contribution in [2.75, 3.05) is 0 Å². The second-order valence-corrected chi connectivity index (χ2v) is 6.07. The number of carbonyl (C=O) groups excluding carboxylic acids is 2. The minimum absolute atomic E-state index is 0.289. The molecule has 1 amide bonds. The van der Waals surface area contributed by atoms with E-state index in [9.17, 15) is 18.4 Å². The molecule has 2 aliphatic heterocycles. The van der Waals surface area contributed by atoms with Crippen LogP contribution < -0.4 is 0 Å². The summed E-state index contributed by atoms with van der Waals surface area (Å²) in [4.78, 5) is 24.1. The molecule has 3 aliphatic rings. The Kier molecular flexibility index (Phi) is 2.87. The molecule has 2 saturated heterocycles. The molecule has 0 aromatic carbocycles. The second-order valence-electron chi connectivity index (χ2n) is 6.07. The van der Waals surface area contributed by atoms with Gasteiger partial charge in [0.05, 0.1) is 6.04 Å². The van der Waals surface area contributed by atoms with E-state index in [2.05, 4.69) is 0 Å². The maximum Gasteiger partial charge on any atom is 0.411 e. The zero-order chi connectivity index (χ0) is 13.7. The number of halogens is 2. The van der Waals surface area contributed by atoms with Crippen molar-refractivity contribution in [1.29, 1.82) is 0 Å². The molecule has 1 atom stereocenters. The standard InChI is InChI=1S/C12H17F2NO3/c1-11(2,3)18-10(17)15-8(9(13)14)7-4-12(15,5-7)6-16/h6-9H,4-5H2,1-3H3. The van der Waals surface area contributed by atoms with Gasteiger partial charge in [0.15, 0.2) is 0 Å². The summed E-state index contributed by atoms with van der Waals surface area (Å²) in [6.45, 7) is 4.99. The molecule has 0 radical (unpaired) electrons. The van der Waals surface area contributed by atoms with Crippen molar-refractivity contribution in [1.82, 2.24) is 4.90 Å². The van der Waals surface area contributed by atoms with Crippen LogP contribution in [0.15, 0.2) is 0 Å². The van der Waals surface area contributed by atoms with Crippen LogP contribution in [0.25, 0.3) is 0 Å². The molecule has 2 heterocycles. The molecule has 102 valence electrons. The molecule has 1 unspecified atom stereocenters. The van der Waals surface area contributed by atoms with Crippen molar-refractivity contribution < 1.29 is 23.1 Å². The highest BCUT2D eigenvalue weighted by Gasteiger charge is 2.66. The Labute approximate surface area is 104 Å². The number of hydrogen-bond acceptors (Lipinski definition) is 3. The number of hydrogen-bond donors (Lipinski definition) is 0. The van der Waals surface area contributed by atoms with Crippen molar-refractivity contribution >= 4 is 12.4 Å². The quantitative estimate of drug-likeness (QED) is 0.716. The SMILES string of the molecule is CC(C)(C)OC(=O)N1C(C(F)F)C2CC1(C=O)C2. The molecule has 0 N–H and O–H groups in total. The highest BCUT2D eigenvalue weighted by atomic mass is 19.3. The van der Waals surface area contributed by atoms with Crippen molar-refractivity contribution in [2.45, 2.75) is 57.2 Å². The lowest BCUT2D eigenvalue weighted by atomic mass is 9.73. The van der Waals surface area contributed by atoms with Crippen LogP contribution in [0.5, 0.6) is 0 Å². The Balaban J connectivity index is 2.22. The number of rotatable bonds is 2. The van der Waals surface area contributed by atoms with Gasteiger partial charge >= 0.3 is 6.09 Å². The lowest BCUT2D eigenvalue weighted by molar-refractivity contribution is -0.119. The van der Waals surface area contributed by atoms with Gasteiger partial charge < -0.3 is 9.53 Å². The van der Waals surface area contributed by atoms with Gasteiger partial charge in [-0.1, -0.05) is 0 Å². The van der Waals surface area contributed by atoms with Gasteiger partial charge in [-0.15, -0.1) is 0 Å². The van der Waals surface area contributed by atoms with E-state index < -0.39 is 29.7 Å². The van der Waals surface area contributed by atoms with Crippen LogP contribution in [0.3, 0.4) is 0 Å². The minimum atomic E-state index is -2.65. The van der Waals surface area contributed by atoms with Crippen LogP contribution >= 0.6 is 0 Å². The monoisotopic (exact) mass is 261 g/mol.